The van der Waals surface area contributed by atoms with Gasteiger partial charge in [-0.15, -0.1) is 0 Å². The first-order chi connectivity index (χ1) is 10.2. The van der Waals surface area contributed by atoms with Crippen LogP contribution in [0.25, 0.3) is 0 Å². The van der Waals surface area contributed by atoms with E-state index in [1.807, 2.05) is 0 Å². The van der Waals surface area contributed by atoms with Crippen LogP contribution in [0, 0.1) is 6.92 Å². The van der Waals surface area contributed by atoms with Crippen molar-refractivity contribution in [3.05, 3.63) is 35.7 Å². The molecule has 0 aromatic carbocycles. The van der Waals surface area contributed by atoms with Crippen molar-refractivity contribution in [1.82, 2.24) is 10.1 Å². The molecule has 2 aromatic heterocycles. The van der Waals surface area contributed by atoms with Gasteiger partial charge >= 0.3 is 0 Å². The van der Waals surface area contributed by atoms with Crippen LogP contribution >= 0.6 is 0 Å². The van der Waals surface area contributed by atoms with Crippen LogP contribution in [0.2, 0.25) is 0 Å². The number of amides is 1. The molecule has 7 heteroatoms. The predicted octanol–water partition coefficient (Wildman–Crippen LogP) is 2.08. The molecule has 2 N–H and O–H groups in total. The van der Waals surface area contributed by atoms with E-state index in [1.165, 1.54) is 6.20 Å². The van der Waals surface area contributed by atoms with E-state index < -0.39 is 0 Å². The quantitative estimate of drug-likeness (QED) is 0.759. The third-order valence-electron chi connectivity index (χ3n) is 2.73. The van der Waals surface area contributed by atoms with E-state index >= 15 is 0 Å². The molecule has 0 fully saturated rings. The third-order valence-corrected chi connectivity index (χ3v) is 2.73. The van der Waals surface area contributed by atoms with Crippen LogP contribution in [0.15, 0.2) is 28.9 Å². The number of pyridine rings is 1. The van der Waals surface area contributed by atoms with E-state index in [9.17, 15) is 4.79 Å². The molecule has 112 valence electrons. The minimum atomic E-state index is -0.276. The molecule has 0 aliphatic heterocycles. The van der Waals surface area contributed by atoms with E-state index in [4.69, 9.17) is 9.26 Å². The van der Waals surface area contributed by atoms with Gasteiger partial charge in [-0.25, -0.2) is 4.98 Å². The van der Waals surface area contributed by atoms with Crippen molar-refractivity contribution in [2.75, 3.05) is 30.9 Å². The first-order valence-corrected chi connectivity index (χ1v) is 6.62. The minimum Gasteiger partial charge on any atom is -0.385 e. The lowest BCUT2D eigenvalue weighted by Gasteiger charge is -2.06. The summed E-state index contributed by atoms with van der Waals surface area (Å²) in [6.07, 6.45) is 2.41. The Morgan fingerprint density at radius 1 is 1.38 bits per heavy atom. The summed E-state index contributed by atoms with van der Waals surface area (Å²) in [4.78, 5) is 16.2. The lowest BCUT2D eigenvalue weighted by Crippen LogP contribution is -2.13. The van der Waals surface area contributed by atoms with Crippen molar-refractivity contribution in [1.29, 1.82) is 0 Å². The molecular weight excluding hydrogens is 272 g/mol. The molecule has 0 radical (unpaired) electrons. The highest BCUT2D eigenvalue weighted by Crippen LogP contribution is 2.10. The highest BCUT2D eigenvalue weighted by Gasteiger charge is 2.09. The van der Waals surface area contributed by atoms with Gasteiger partial charge in [0.15, 0.2) is 5.82 Å². The molecular formula is C14H18N4O3. The fraction of sp³-hybridized carbons (Fsp3) is 0.357. The maximum absolute atomic E-state index is 12.0. The zero-order valence-electron chi connectivity index (χ0n) is 12.0. The second-order valence-corrected chi connectivity index (χ2v) is 4.48. The number of rotatable bonds is 7. The molecule has 0 saturated carbocycles. The largest absolute Gasteiger partial charge is 0.385 e. The smallest absolute Gasteiger partial charge is 0.258 e. The van der Waals surface area contributed by atoms with Gasteiger partial charge in [-0.2, -0.15) is 0 Å². The molecule has 0 aliphatic carbocycles. The third kappa shape index (κ3) is 4.57. The number of nitrogens with one attached hydrogen (secondary N) is 2. The second-order valence-electron chi connectivity index (χ2n) is 4.48. The normalized spacial score (nSPS) is 10.4. The molecule has 0 saturated heterocycles. The Morgan fingerprint density at radius 3 is 2.86 bits per heavy atom. The summed E-state index contributed by atoms with van der Waals surface area (Å²) in [5.74, 6) is 1.47. The number of nitrogens with zero attached hydrogens (tertiary/aromatic N) is 2. The maximum Gasteiger partial charge on any atom is 0.258 e. The highest BCUT2D eigenvalue weighted by atomic mass is 16.5. The summed E-state index contributed by atoms with van der Waals surface area (Å²) in [5.41, 5.74) is 0.457. The van der Waals surface area contributed by atoms with E-state index in [1.54, 1.807) is 32.2 Å². The van der Waals surface area contributed by atoms with Gasteiger partial charge in [0.25, 0.3) is 5.91 Å². The fourth-order valence-corrected chi connectivity index (χ4v) is 1.68. The van der Waals surface area contributed by atoms with Crippen LogP contribution < -0.4 is 10.6 Å². The number of carbonyl (C=O) groups is 1. The number of hydrogen-bond acceptors (Lipinski definition) is 6. The summed E-state index contributed by atoms with van der Waals surface area (Å²) in [5, 5.41) is 9.49. The molecule has 0 bridgehead atoms. The number of hydrogen-bond donors (Lipinski definition) is 2. The Morgan fingerprint density at radius 2 is 2.24 bits per heavy atom. The number of ether oxygens (including phenoxy) is 1. The van der Waals surface area contributed by atoms with Gasteiger partial charge in [0.2, 0.25) is 0 Å². The summed E-state index contributed by atoms with van der Waals surface area (Å²) in [6.45, 7) is 3.23. The van der Waals surface area contributed by atoms with Crippen molar-refractivity contribution in [2.45, 2.75) is 13.3 Å². The van der Waals surface area contributed by atoms with Crippen molar-refractivity contribution in [3.8, 4) is 0 Å². The van der Waals surface area contributed by atoms with Crippen LogP contribution in [0.5, 0.6) is 0 Å². The molecule has 7 nitrogen and oxygen atoms in total. The molecule has 0 spiro atoms. The van der Waals surface area contributed by atoms with Crippen molar-refractivity contribution in [2.24, 2.45) is 0 Å². The van der Waals surface area contributed by atoms with Gasteiger partial charge < -0.3 is 19.9 Å². The number of methoxy groups -OCH3 is 1. The topological polar surface area (TPSA) is 89.3 Å². The molecule has 1 amide bonds. The Balaban J connectivity index is 1.87. The number of aryl methyl sites for hydroxylation is 1. The average molecular weight is 290 g/mol. The highest BCUT2D eigenvalue weighted by molar-refractivity contribution is 6.03. The Kier molecular flexibility index (Phi) is 5.28. The zero-order chi connectivity index (χ0) is 15.1. The van der Waals surface area contributed by atoms with Crippen molar-refractivity contribution >= 4 is 17.5 Å². The summed E-state index contributed by atoms with van der Waals surface area (Å²) in [6, 6.07) is 5.11. The van der Waals surface area contributed by atoms with E-state index in [0.717, 1.165) is 18.8 Å². The van der Waals surface area contributed by atoms with Gasteiger partial charge in [0.05, 0.1) is 5.56 Å². The Bertz CT molecular complexity index is 580. The second kappa shape index (κ2) is 7.39. The van der Waals surface area contributed by atoms with Gasteiger partial charge in [0, 0.05) is 32.5 Å². The fourth-order valence-electron chi connectivity index (χ4n) is 1.68. The number of carbonyl (C=O) groups excluding carboxylic acids is 1. The SMILES string of the molecule is COCCCNc1ccc(C(=O)Nc2cc(C)on2)cn1. The molecule has 0 unspecified atom stereocenters. The van der Waals surface area contributed by atoms with E-state index in [-0.39, 0.29) is 5.91 Å². The van der Waals surface area contributed by atoms with E-state index in [2.05, 4.69) is 20.8 Å². The first kappa shape index (κ1) is 15.0. The minimum absolute atomic E-state index is 0.276. The Labute approximate surface area is 122 Å². The summed E-state index contributed by atoms with van der Waals surface area (Å²) < 4.78 is 9.85. The number of aromatic nitrogens is 2. The van der Waals surface area contributed by atoms with Gasteiger partial charge in [-0.05, 0) is 25.5 Å². The summed E-state index contributed by atoms with van der Waals surface area (Å²) in [7, 11) is 1.67. The van der Waals surface area contributed by atoms with Gasteiger partial charge in [-0.3, -0.25) is 4.79 Å². The van der Waals surface area contributed by atoms with Crippen LogP contribution in [0.3, 0.4) is 0 Å². The zero-order valence-corrected chi connectivity index (χ0v) is 12.0. The van der Waals surface area contributed by atoms with Crippen LogP contribution in [0.4, 0.5) is 11.6 Å². The Hall–Kier alpha value is -2.41. The molecule has 2 aromatic rings. The van der Waals surface area contributed by atoms with Crippen LogP contribution in [-0.2, 0) is 4.74 Å². The molecule has 2 heterocycles. The lowest BCUT2D eigenvalue weighted by atomic mass is 10.2. The molecule has 2 rings (SSSR count). The van der Waals surface area contributed by atoms with Crippen molar-refractivity contribution < 1.29 is 14.1 Å². The summed E-state index contributed by atoms with van der Waals surface area (Å²) >= 11 is 0. The molecule has 21 heavy (non-hydrogen) atoms. The van der Waals surface area contributed by atoms with Crippen molar-refractivity contribution in [3.63, 3.8) is 0 Å². The van der Waals surface area contributed by atoms with Gasteiger partial charge in [-0.1, -0.05) is 5.16 Å². The average Bonchev–Trinajstić information content (AvgIpc) is 2.89. The standard InChI is InChI=1S/C14H18N4O3/c1-10-8-13(18-21-10)17-14(19)11-4-5-12(16-9-11)15-6-3-7-20-2/h4-5,8-9H,3,6-7H2,1-2H3,(H,15,16)(H,17,18,19). The monoisotopic (exact) mass is 290 g/mol. The molecule has 0 atom stereocenters. The molecule has 0 aliphatic rings. The lowest BCUT2D eigenvalue weighted by molar-refractivity contribution is 0.102. The number of anilines is 2. The van der Waals surface area contributed by atoms with Crippen LogP contribution in [-0.4, -0.2) is 36.3 Å². The maximum atomic E-state index is 12.0. The van der Waals surface area contributed by atoms with Crippen LogP contribution in [0.1, 0.15) is 22.5 Å². The first-order valence-electron chi connectivity index (χ1n) is 6.62. The predicted molar refractivity (Wildman–Crippen MR) is 78.4 cm³/mol. The van der Waals surface area contributed by atoms with Gasteiger partial charge in [0.1, 0.15) is 11.6 Å². The van der Waals surface area contributed by atoms with E-state index in [0.29, 0.717) is 23.7 Å².